The first-order valence-electron chi connectivity index (χ1n) is 9.50. The normalized spacial score (nSPS) is 18.4. The van der Waals surface area contributed by atoms with Crippen LogP contribution in [0.2, 0.25) is 5.02 Å². The van der Waals surface area contributed by atoms with Crippen LogP contribution in [0.25, 0.3) is 6.08 Å². The van der Waals surface area contributed by atoms with Crippen molar-refractivity contribution in [3.05, 3.63) is 63.5 Å². The van der Waals surface area contributed by atoms with Gasteiger partial charge in [0.15, 0.2) is 0 Å². The van der Waals surface area contributed by atoms with Gasteiger partial charge >= 0.3 is 0 Å². The van der Waals surface area contributed by atoms with Crippen molar-refractivity contribution < 1.29 is 9.59 Å². The fourth-order valence-corrected chi connectivity index (χ4v) is 4.60. The van der Waals surface area contributed by atoms with Gasteiger partial charge in [0.1, 0.15) is 0 Å². The second-order valence-electron chi connectivity index (χ2n) is 7.00. The quantitative estimate of drug-likeness (QED) is 0.668. The lowest BCUT2D eigenvalue weighted by Crippen LogP contribution is -2.32. The summed E-state index contributed by atoms with van der Waals surface area (Å²) in [5.74, 6) is -0.141. The summed E-state index contributed by atoms with van der Waals surface area (Å²) in [6, 6.07) is 13.0. The number of amides is 2. The van der Waals surface area contributed by atoms with Crippen molar-refractivity contribution >= 4 is 46.9 Å². The van der Waals surface area contributed by atoms with E-state index in [-0.39, 0.29) is 11.8 Å². The van der Waals surface area contributed by atoms with Gasteiger partial charge in [0, 0.05) is 28.6 Å². The fraction of sp³-hybridized carbons (Fsp3) is 0.273. The van der Waals surface area contributed by atoms with E-state index >= 15 is 0 Å². The SMILES string of the molecule is O=C1Nc2cc(C(=O)N3CCCCCC3)ccc2S/C1=C/c1ccccc1Cl. The van der Waals surface area contributed by atoms with Crippen molar-refractivity contribution in [2.75, 3.05) is 18.4 Å². The van der Waals surface area contributed by atoms with Gasteiger partial charge in [-0.05, 0) is 48.7 Å². The zero-order chi connectivity index (χ0) is 19.5. The zero-order valence-corrected chi connectivity index (χ0v) is 17.0. The molecule has 0 aliphatic carbocycles. The predicted molar refractivity (Wildman–Crippen MR) is 115 cm³/mol. The van der Waals surface area contributed by atoms with Crippen molar-refractivity contribution in [3.63, 3.8) is 0 Å². The molecule has 2 aromatic carbocycles. The molecule has 0 atom stereocenters. The van der Waals surface area contributed by atoms with Gasteiger partial charge in [-0.2, -0.15) is 0 Å². The van der Waals surface area contributed by atoms with E-state index < -0.39 is 0 Å². The highest BCUT2D eigenvalue weighted by atomic mass is 35.5. The van der Waals surface area contributed by atoms with Crippen LogP contribution in [0.4, 0.5) is 5.69 Å². The average molecular weight is 413 g/mol. The number of nitrogens with zero attached hydrogens (tertiary/aromatic N) is 1. The molecule has 2 aromatic rings. The van der Waals surface area contributed by atoms with Crippen LogP contribution in [0.15, 0.2) is 52.3 Å². The first-order valence-corrected chi connectivity index (χ1v) is 10.7. The van der Waals surface area contributed by atoms with Crippen LogP contribution in [-0.2, 0) is 4.79 Å². The van der Waals surface area contributed by atoms with Gasteiger partial charge in [0.25, 0.3) is 11.8 Å². The lowest BCUT2D eigenvalue weighted by atomic mass is 10.1. The highest BCUT2D eigenvalue weighted by Crippen LogP contribution is 2.40. The molecule has 0 unspecified atom stereocenters. The van der Waals surface area contributed by atoms with E-state index in [1.807, 2.05) is 35.2 Å². The molecule has 0 aromatic heterocycles. The molecule has 28 heavy (non-hydrogen) atoms. The molecular weight excluding hydrogens is 392 g/mol. The number of rotatable bonds is 2. The number of hydrogen-bond donors (Lipinski definition) is 1. The summed E-state index contributed by atoms with van der Waals surface area (Å²) >= 11 is 7.60. The summed E-state index contributed by atoms with van der Waals surface area (Å²) in [5.41, 5.74) is 2.12. The van der Waals surface area contributed by atoms with Crippen LogP contribution in [0.5, 0.6) is 0 Å². The van der Waals surface area contributed by atoms with E-state index in [1.54, 1.807) is 18.2 Å². The molecule has 2 aliphatic rings. The number of fused-ring (bicyclic) bond motifs is 1. The van der Waals surface area contributed by atoms with E-state index in [0.29, 0.717) is 21.2 Å². The molecule has 4 nitrogen and oxygen atoms in total. The monoisotopic (exact) mass is 412 g/mol. The number of likely N-dealkylation sites (tertiary alicyclic amines) is 1. The zero-order valence-electron chi connectivity index (χ0n) is 15.4. The molecule has 0 spiro atoms. The minimum absolute atomic E-state index is 0.0429. The van der Waals surface area contributed by atoms with Gasteiger partial charge < -0.3 is 10.2 Å². The number of anilines is 1. The Hall–Kier alpha value is -2.24. The molecule has 0 radical (unpaired) electrons. The number of nitrogens with one attached hydrogen (secondary N) is 1. The summed E-state index contributed by atoms with van der Waals surface area (Å²) < 4.78 is 0. The molecule has 2 heterocycles. The lowest BCUT2D eigenvalue weighted by Gasteiger charge is -2.23. The Kier molecular flexibility index (Phi) is 5.74. The van der Waals surface area contributed by atoms with E-state index in [9.17, 15) is 9.59 Å². The molecule has 6 heteroatoms. The summed E-state index contributed by atoms with van der Waals surface area (Å²) in [5, 5.41) is 3.52. The van der Waals surface area contributed by atoms with Crippen molar-refractivity contribution in [1.82, 2.24) is 4.90 Å². The van der Waals surface area contributed by atoms with Crippen LogP contribution in [0.1, 0.15) is 41.6 Å². The summed E-state index contributed by atoms with van der Waals surface area (Å²) in [6.07, 6.45) is 6.27. The van der Waals surface area contributed by atoms with Crippen LogP contribution in [0.3, 0.4) is 0 Å². The fourth-order valence-electron chi connectivity index (χ4n) is 3.48. The van der Waals surface area contributed by atoms with Crippen molar-refractivity contribution in [2.24, 2.45) is 0 Å². The Morgan fingerprint density at radius 2 is 1.82 bits per heavy atom. The van der Waals surface area contributed by atoms with Crippen LogP contribution < -0.4 is 5.32 Å². The van der Waals surface area contributed by atoms with E-state index in [2.05, 4.69) is 5.32 Å². The molecule has 1 N–H and O–H groups in total. The molecule has 2 aliphatic heterocycles. The van der Waals surface area contributed by atoms with E-state index in [4.69, 9.17) is 11.6 Å². The maximum absolute atomic E-state index is 12.8. The third-order valence-electron chi connectivity index (χ3n) is 5.00. The number of thioether (sulfide) groups is 1. The van der Waals surface area contributed by atoms with Crippen LogP contribution in [0, 0.1) is 0 Å². The Labute approximate surface area is 173 Å². The smallest absolute Gasteiger partial charge is 0.262 e. The highest BCUT2D eigenvalue weighted by Gasteiger charge is 2.24. The third-order valence-corrected chi connectivity index (χ3v) is 6.45. The molecule has 0 bridgehead atoms. The van der Waals surface area contributed by atoms with Crippen LogP contribution >= 0.6 is 23.4 Å². The van der Waals surface area contributed by atoms with Crippen molar-refractivity contribution in [2.45, 2.75) is 30.6 Å². The predicted octanol–water partition coefficient (Wildman–Crippen LogP) is 5.44. The number of carbonyl (C=O) groups is 2. The molecule has 4 rings (SSSR count). The maximum Gasteiger partial charge on any atom is 0.262 e. The third kappa shape index (κ3) is 4.10. The number of hydrogen-bond acceptors (Lipinski definition) is 3. The van der Waals surface area contributed by atoms with Gasteiger partial charge in [-0.15, -0.1) is 0 Å². The number of carbonyl (C=O) groups excluding carboxylic acids is 2. The van der Waals surface area contributed by atoms with Gasteiger partial charge in [-0.25, -0.2) is 0 Å². The number of benzene rings is 2. The van der Waals surface area contributed by atoms with Crippen molar-refractivity contribution in [1.29, 1.82) is 0 Å². The topological polar surface area (TPSA) is 49.4 Å². The van der Waals surface area contributed by atoms with Crippen molar-refractivity contribution in [3.8, 4) is 0 Å². The second-order valence-corrected chi connectivity index (χ2v) is 8.49. The summed E-state index contributed by atoms with van der Waals surface area (Å²) in [7, 11) is 0. The second kappa shape index (κ2) is 8.41. The number of halogens is 1. The van der Waals surface area contributed by atoms with Gasteiger partial charge in [0.05, 0.1) is 10.6 Å². The molecule has 2 amide bonds. The van der Waals surface area contributed by atoms with E-state index in [1.165, 1.54) is 24.6 Å². The Bertz CT molecular complexity index is 949. The molecule has 1 fully saturated rings. The maximum atomic E-state index is 12.8. The molecular formula is C22H21ClN2O2S. The van der Waals surface area contributed by atoms with Crippen LogP contribution in [-0.4, -0.2) is 29.8 Å². The lowest BCUT2D eigenvalue weighted by molar-refractivity contribution is -0.112. The molecule has 0 saturated carbocycles. The van der Waals surface area contributed by atoms with Gasteiger partial charge in [-0.1, -0.05) is 54.4 Å². The average Bonchev–Trinajstić information content (AvgIpc) is 2.99. The van der Waals surface area contributed by atoms with Gasteiger partial charge in [0.2, 0.25) is 0 Å². The standard InChI is InChI=1S/C22H21ClN2O2S/c23-17-8-4-3-7-15(17)14-20-21(26)24-18-13-16(9-10-19(18)28-20)22(27)25-11-5-1-2-6-12-25/h3-4,7-10,13-14H,1-2,5-6,11-12H2,(H,24,26)/b20-14+. The van der Waals surface area contributed by atoms with Gasteiger partial charge in [-0.3, -0.25) is 9.59 Å². The summed E-state index contributed by atoms with van der Waals surface area (Å²) in [4.78, 5) is 28.8. The Balaban J connectivity index is 1.57. The molecule has 1 saturated heterocycles. The first kappa shape index (κ1) is 19.1. The molecule has 144 valence electrons. The summed E-state index contributed by atoms with van der Waals surface area (Å²) in [6.45, 7) is 1.61. The Morgan fingerprint density at radius 3 is 2.57 bits per heavy atom. The minimum atomic E-state index is -0.184. The minimum Gasteiger partial charge on any atom is -0.339 e. The highest BCUT2D eigenvalue weighted by molar-refractivity contribution is 8.04. The largest absolute Gasteiger partial charge is 0.339 e. The Morgan fingerprint density at radius 1 is 1.07 bits per heavy atom. The first-order chi connectivity index (χ1) is 13.6. The van der Waals surface area contributed by atoms with E-state index in [0.717, 1.165) is 36.4 Å².